The van der Waals surface area contributed by atoms with Gasteiger partial charge in [-0.25, -0.2) is 0 Å². The van der Waals surface area contributed by atoms with Crippen LogP contribution >= 0.6 is 0 Å². The van der Waals surface area contributed by atoms with Crippen molar-refractivity contribution >= 4 is 16.7 Å². The first-order valence-electron chi connectivity index (χ1n) is 6.85. The van der Waals surface area contributed by atoms with Crippen molar-refractivity contribution in [2.45, 2.75) is 19.4 Å². The first-order chi connectivity index (χ1) is 9.72. The van der Waals surface area contributed by atoms with Crippen molar-refractivity contribution in [1.82, 2.24) is 5.32 Å². The van der Waals surface area contributed by atoms with E-state index >= 15 is 0 Å². The molecule has 0 aliphatic carbocycles. The van der Waals surface area contributed by atoms with Crippen LogP contribution in [0.2, 0.25) is 0 Å². The van der Waals surface area contributed by atoms with E-state index in [0.29, 0.717) is 0 Å². The number of nitrogens with one attached hydrogen (secondary N) is 1. The summed E-state index contributed by atoms with van der Waals surface area (Å²) in [4.78, 5) is 11.4. The Hall–Kier alpha value is -2.07. The molecule has 1 amide bonds. The van der Waals surface area contributed by atoms with Crippen molar-refractivity contribution in [1.29, 1.82) is 0 Å². The van der Waals surface area contributed by atoms with Gasteiger partial charge in [-0.15, -0.1) is 0 Å². The van der Waals surface area contributed by atoms with E-state index in [1.807, 2.05) is 49.4 Å². The average molecular weight is 272 g/mol. The zero-order valence-electron chi connectivity index (χ0n) is 11.6. The van der Waals surface area contributed by atoms with Crippen LogP contribution in [0.25, 0.3) is 10.8 Å². The Balaban J connectivity index is 2.09. The van der Waals surface area contributed by atoms with E-state index in [1.54, 1.807) is 0 Å². The standard InChI is InChI=1S/C16H20N2O2/c1-2-10-18-14(16(17)19)11-20-15-9-5-7-12-6-3-4-8-13(12)15/h3-9,14,18H,2,10-11H2,1H3,(H2,17,19). The predicted molar refractivity (Wildman–Crippen MR) is 80.7 cm³/mol. The summed E-state index contributed by atoms with van der Waals surface area (Å²) in [6.07, 6.45) is 0.943. The van der Waals surface area contributed by atoms with E-state index in [1.165, 1.54) is 0 Å². The molecule has 2 rings (SSSR count). The van der Waals surface area contributed by atoms with Gasteiger partial charge < -0.3 is 15.8 Å². The largest absolute Gasteiger partial charge is 0.491 e. The maximum absolute atomic E-state index is 11.4. The van der Waals surface area contributed by atoms with Crippen molar-refractivity contribution in [3.05, 3.63) is 42.5 Å². The van der Waals surface area contributed by atoms with Crippen LogP contribution in [0.1, 0.15) is 13.3 Å². The minimum absolute atomic E-state index is 0.239. The predicted octanol–water partition coefficient (Wildman–Crippen LogP) is 2.07. The Morgan fingerprint density at radius 2 is 2.00 bits per heavy atom. The highest BCUT2D eigenvalue weighted by Crippen LogP contribution is 2.25. The Bertz CT molecular complexity index is 578. The van der Waals surface area contributed by atoms with Crippen LogP contribution in [-0.4, -0.2) is 25.1 Å². The lowest BCUT2D eigenvalue weighted by Gasteiger charge is -2.16. The molecule has 0 aromatic heterocycles. The molecule has 0 saturated carbocycles. The molecule has 0 aliphatic rings. The second kappa shape index (κ2) is 6.91. The molecule has 4 nitrogen and oxygen atoms in total. The van der Waals surface area contributed by atoms with Gasteiger partial charge in [-0.2, -0.15) is 0 Å². The number of fused-ring (bicyclic) bond motifs is 1. The van der Waals surface area contributed by atoms with E-state index in [9.17, 15) is 4.79 Å². The van der Waals surface area contributed by atoms with E-state index < -0.39 is 11.9 Å². The fourth-order valence-corrected chi connectivity index (χ4v) is 2.05. The van der Waals surface area contributed by atoms with Crippen LogP contribution in [-0.2, 0) is 4.79 Å². The van der Waals surface area contributed by atoms with Crippen molar-refractivity contribution in [2.75, 3.05) is 13.2 Å². The molecular formula is C16H20N2O2. The third kappa shape index (κ3) is 3.48. The number of hydrogen-bond donors (Lipinski definition) is 2. The van der Waals surface area contributed by atoms with Crippen LogP contribution in [0.15, 0.2) is 42.5 Å². The fraction of sp³-hybridized carbons (Fsp3) is 0.312. The van der Waals surface area contributed by atoms with Gasteiger partial charge in [0.15, 0.2) is 0 Å². The molecule has 0 fully saturated rings. The normalized spacial score (nSPS) is 12.2. The Kier molecular flexibility index (Phi) is 4.96. The molecule has 0 heterocycles. The minimum Gasteiger partial charge on any atom is -0.491 e. The number of ether oxygens (including phenoxy) is 1. The summed E-state index contributed by atoms with van der Waals surface area (Å²) in [7, 11) is 0. The van der Waals surface area contributed by atoms with Crippen molar-refractivity contribution in [3.63, 3.8) is 0 Å². The van der Waals surface area contributed by atoms with E-state index in [4.69, 9.17) is 10.5 Å². The highest BCUT2D eigenvalue weighted by molar-refractivity contribution is 5.88. The molecule has 0 saturated heterocycles. The summed E-state index contributed by atoms with van der Waals surface area (Å²) in [6.45, 7) is 3.02. The van der Waals surface area contributed by atoms with Crippen LogP contribution in [0.3, 0.4) is 0 Å². The lowest BCUT2D eigenvalue weighted by Crippen LogP contribution is -2.45. The summed E-state index contributed by atoms with van der Waals surface area (Å²) < 4.78 is 5.78. The number of nitrogens with two attached hydrogens (primary N) is 1. The van der Waals surface area contributed by atoms with E-state index in [0.717, 1.165) is 29.5 Å². The average Bonchev–Trinajstić information content (AvgIpc) is 2.47. The fourth-order valence-electron chi connectivity index (χ4n) is 2.05. The maximum Gasteiger partial charge on any atom is 0.238 e. The number of amides is 1. The molecular weight excluding hydrogens is 252 g/mol. The Morgan fingerprint density at radius 1 is 1.25 bits per heavy atom. The van der Waals surface area contributed by atoms with Gasteiger partial charge in [0.25, 0.3) is 0 Å². The first-order valence-corrected chi connectivity index (χ1v) is 6.85. The molecule has 0 aliphatic heterocycles. The third-order valence-corrected chi connectivity index (χ3v) is 3.14. The number of rotatable bonds is 7. The quantitative estimate of drug-likeness (QED) is 0.811. The summed E-state index contributed by atoms with van der Waals surface area (Å²) in [5.41, 5.74) is 5.37. The maximum atomic E-state index is 11.4. The number of carbonyl (C=O) groups is 1. The molecule has 0 spiro atoms. The molecule has 2 aromatic carbocycles. The SMILES string of the molecule is CCCNC(COc1cccc2ccccc12)C(N)=O. The van der Waals surface area contributed by atoms with Crippen molar-refractivity contribution in [3.8, 4) is 5.75 Å². The van der Waals surface area contributed by atoms with Gasteiger partial charge in [0.05, 0.1) is 0 Å². The third-order valence-electron chi connectivity index (χ3n) is 3.14. The van der Waals surface area contributed by atoms with Gasteiger partial charge >= 0.3 is 0 Å². The molecule has 0 radical (unpaired) electrons. The molecule has 106 valence electrons. The van der Waals surface area contributed by atoms with Gasteiger partial charge in [-0.05, 0) is 24.4 Å². The molecule has 2 aromatic rings. The highest BCUT2D eigenvalue weighted by Gasteiger charge is 2.15. The molecule has 1 unspecified atom stereocenters. The summed E-state index contributed by atoms with van der Waals surface area (Å²) in [5.74, 6) is 0.381. The van der Waals surface area contributed by atoms with Crippen molar-refractivity contribution < 1.29 is 9.53 Å². The number of carbonyl (C=O) groups excluding carboxylic acids is 1. The summed E-state index contributed by atoms with van der Waals surface area (Å²) in [5, 5.41) is 5.24. The lowest BCUT2D eigenvalue weighted by molar-refractivity contribution is -0.120. The minimum atomic E-state index is -0.464. The number of hydrogen-bond acceptors (Lipinski definition) is 3. The van der Waals surface area contributed by atoms with Crippen LogP contribution in [0.5, 0.6) is 5.75 Å². The van der Waals surface area contributed by atoms with Gasteiger partial charge in [0, 0.05) is 5.39 Å². The van der Waals surface area contributed by atoms with Crippen LogP contribution < -0.4 is 15.8 Å². The first kappa shape index (κ1) is 14.3. The summed E-state index contributed by atoms with van der Waals surface area (Å²) in [6, 6.07) is 13.4. The van der Waals surface area contributed by atoms with Gasteiger partial charge in [0.1, 0.15) is 18.4 Å². The van der Waals surface area contributed by atoms with Gasteiger partial charge in [-0.3, -0.25) is 4.79 Å². The zero-order valence-corrected chi connectivity index (χ0v) is 11.6. The topological polar surface area (TPSA) is 64.3 Å². The monoisotopic (exact) mass is 272 g/mol. The second-order valence-corrected chi connectivity index (χ2v) is 4.70. The van der Waals surface area contributed by atoms with Crippen LogP contribution in [0, 0.1) is 0 Å². The highest BCUT2D eigenvalue weighted by atomic mass is 16.5. The van der Waals surface area contributed by atoms with Crippen molar-refractivity contribution in [2.24, 2.45) is 5.73 Å². The zero-order chi connectivity index (χ0) is 14.4. The Morgan fingerprint density at radius 3 is 2.75 bits per heavy atom. The smallest absolute Gasteiger partial charge is 0.238 e. The molecule has 20 heavy (non-hydrogen) atoms. The van der Waals surface area contributed by atoms with Gasteiger partial charge in [-0.1, -0.05) is 43.3 Å². The van der Waals surface area contributed by atoms with Gasteiger partial charge in [0.2, 0.25) is 5.91 Å². The molecule has 3 N–H and O–H groups in total. The Labute approximate surface area is 118 Å². The van der Waals surface area contributed by atoms with Crippen LogP contribution in [0.4, 0.5) is 0 Å². The number of primary amides is 1. The molecule has 1 atom stereocenters. The molecule has 4 heteroatoms. The molecule has 0 bridgehead atoms. The number of benzene rings is 2. The van der Waals surface area contributed by atoms with E-state index in [2.05, 4.69) is 5.32 Å². The lowest BCUT2D eigenvalue weighted by atomic mass is 10.1. The summed E-state index contributed by atoms with van der Waals surface area (Å²) >= 11 is 0. The van der Waals surface area contributed by atoms with E-state index in [-0.39, 0.29) is 6.61 Å². The second-order valence-electron chi connectivity index (χ2n) is 4.70.